The lowest BCUT2D eigenvalue weighted by atomic mass is 9.78. The topological polar surface area (TPSA) is 50.9 Å². The highest BCUT2D eigenvalue weighted by molar-refractivity contribution is 7.22. The van der Waals surface area contributed by atoms with Crippen LogP contribution in [-0.4, -0.2) is 11.0 Å². The van der Waals surface area contributed by atoms with E-state index in [2.05, 4.69) is 19.2 Å². The van der Waals surface area contributed by atoms with Crippen LogP contribution in [0.5, 0.6) is 0 Å². The molecule has 0 bridgehead atoms. The minimum atomic E-state index is 0.571. The van der Waals surface area contributed by atoms with Crippen LogP contribution in [0.4, 0.5) is 10.8 Å². The summed E-state index contributed by atoms with van der Waals surface area (Å²) in [5.74, 6) is 1.50. The van der Waals surface area contributed by atoms with Crippen LogP contribution in [0, 0.1) is 11.8 Å². The van der Waals surface area contributed by atoms with E-state index >= 15 is 0 Å². The van der Waals surface area contributed by atoms with Crippen LogP contribution in [0.2, 0.25) is 0 Å². The number of anilines is 2. The summed E-state index contributed by atoms with van der Waals surface area (Å²) in [6.07, 6.45) is 5.31. The van der Waals surface area contributed by atoms with Crippen LogP contribution in [-0.2, 0) is 0 Å². The van der Waals surface area contributed by atoms with Gasteiger partial charge in [0, 0.05) is 11.7 Å². The quantitative estimate of drug-likeness (QED) is 0.818. The average Bonchev–Trinajstić information content (AvgIpc) is 2.80. The van der Waals surface area contributed by atoms with Crippen molar-refractivity contribution in [3.8, 4) is 0 Å². The van der Waals surface area contributed by atoms with E-state index in [9.17, 15) is 0 Å². The zero-order chi connectivity index (χ0) is 14.1. The van der Waals surface area contributed by atoms with Crippen molar-refractivity contribution in [3.05, 3.63) is 18.2 Å². The first-order valence-corrected chi connectivity index (χ1v) is 8.38. The van der Waals surface area contributed by atoms with Crippen molar-refractivity contribution >= 4 is 32.4 Å². The largest absolute Gasteiger partial charge is 0.399 e. The van der Waals surface area contributed by atoms with Crippen LogP contribution in [0.15, 0.2) is 18.2 Å². The summed E-state index contributed by atoms with van der Waals surface area (Å²) < 4.78 is 1.17. The second-order valence-corrected chi connectivity index (χ2v) is 7.22. The van der Waals surface area contributed by atoms with Gasteiger partial charge in [-0.1, -0.05) is 38.0 Å². The third-order valence-electron chi connectivity index (χ3n) is 4.40. The fraction of sp³-hybridized carbons (Fsp3) is 0.562. The number of hydrogen-bond donors (Lipinski definition) is 2. The summed E-state index contributed by atoms with van der Waals surface area (Å²) in [6, 6.07) is 6.51. The second-order valence-electron chi connectivity index (χ2n) is 6.19. The van der Waals surface area contributed by atoms with Crippen molar-refractivity contribution in [1.82, 2.24) is 4.98 Å². The number of rotatable bonds is 3. The molecule has 0 amide bonds. The summed E-state index contributed by atoms with van der Waals surface area (Å²) in [5, 5.41) is 4.73. The highest BCUT2D eigenvalue weighted by Crippen LogP contribution is 2.34. The zero-order valence-electron chi connectivity index (χ0n) is 12.2. The lowest BCUT2D eigenvalue weighted by molar-refractivity contribution is 0.254. The Bertz CT molecular complexity index is 590. The van der Waals surface area contributed by atoms with Gasteiger partial charge < -0.3 is 11.1 Å². The van der Waals surface area contributed by atoms with Gasteiger partial charge >= 0.3 is 0 Å². The molecule has 2 unspecified atom stereocenters. The van der Waals surface area contributed by atoms with Crippen molar-refractivity contribution in [1.29, 1.82) is 0 Å². The number of thiazole rings is 1. The van der Waals surface area contributed by atoms with Crippen molar-refractivity contribution in [2.75, 3.05) is 11.1 Å². The first-order valence-electron chi connectivity index (χ1n) is 7.56. The van der Waals surface area contributed by atoms with E-state index in [4.69, 9.17) is 10.7 Å². The fourth-order valence-electron chi connectivity index (χ4n) is 3.30. The molecule has 1 saturated carbocycles. The standard InChI is InChI=1S/C16H23N3S/c1-10(2)12-5-3-4-6-13(12)18-16-19-14-8-7-11(17)9-15(14)20-16/h7-10,12-13H,3-6,17H2,1-2H3,(H,18,19). The predicted octanol–water partition coefficient (Wildman–Crippen LogP) is 4.51. The molecule has 2 aromatic rings. The van der Waals surface area contributed by atoms with Crippen LogP contribution < -0.4 is 11.1 Å². The van der Waals surface area contributed by atoms with Crippen LogP contribution in [0.1, 0.15) is 39.5 Å². The Hall–Kier alpha value is -1.29. The fourth-order valence-corrected chi connectivity index (χ4v) is 4.27. The molecule has 3 N–H and O–H groups in total. The lowest BCUT2D eigenvalue weighted by Gasteiger charge is -2.34. The first-order chi connectivity index (χ1) is 9.63. The molecule has 1 aliphatic rings. The molecule has 0 aliphatic heterocycles. The summed E-state index contributed by atoms with van der Waals surface area (Å²) in [7, 11) is 0. The predicted molar refractivity (Wildman–Crippen MR) is 88.2 cm³/mol. The highest BCUT2D eigenvalue weighted by atomic mass is 32.1. The zero-order valence-corrected chi connectivity index (χ0v) is 13.0. The van der Waals surface area contributed by atoms with Gasteiger partial charge in [-0.2, -0.15) is 0 Å². The SMILES string of the molecule is CC(C)C1CCCCC1Nc1nc2ccc(N)cc2s1. The molecular formula is C16H23N3S. The third-order valence-corrected chi connectivity index (χ3v) is 5.35. The Morgan fingerprint density at radius 1 is 1.30 bits per heavy atom. The monoisotopic (exact) mass is 289 g/mol. The van der Waals surface area contributed by atoms with Gasteiger partial charge in [0.25, 0.3) is 0 Å². The molecule has 1 aromatic carbocycles. The molecule has 3 nitrogen and oxygen atoms in total. The number of fused-ring (bicyclic) bond motifs is 1. The number of nitrogens with one attached hydrogen (secondary N) is 1. The maximum atomic E-state index is 5.84. The Morgan fingerprint density at radius 3 is 2.90 bits per heavy atom. The third kappa shape index (κ3) is 2.75. The number of nitrogen functional groups attached to an aromatic ring is 1. The maximum Gasteiger partial charge on any atom is 0.184 e. The van der Waals surface area contributed by atoms with Gasteiger partial charge in [0.05, 0.1) is 10.2 Å². The molecule has 2 atom stereocenters. The summed E-state index contributed by atoms with van der Waals surface area (Å²) in [6.45, 7) is 4.67. The van der Waals surface area contributed by atoms with Gasteiger partial charge in [0.1, 0.15) is 0 Å². The van der Waals surface area contributed by atoms with Gasteiger partial charge in [-0.25, -0.2) is 4.98 Å². The molecule has 3 rings (SSSR count). The van der Waals surface area contributed by atoms with E-state index in [0.29, 0.717) is 6.04 Å². The Labute approximate surface area is 124 Å². The van der Waals surface area contributed by atoms with E-state index in [-0.39, 0.29) is 0 Å². The molecule has 4 heteroatoms. The van der Waals surface area contributed by atoms with Gasteiger partial charge in [0.15, 0.2) is 5.13 Å². The van der Waals surface area contributed by atoms with Gasteiger partial charge in [0.2, 0.25) is 0 Å². The maximum absolute atomic E-state index is 5.84. The molecule has 1 aromatic heterocycles. The Morgan fingerprint density at radius 2 is 2.10 bits per heavy atom. The van der Waals surface area contributed by atoms with Crippen LogP contribution in [0.25, 0.3) is 10.2 Å². The number of nitrogens with zero attached hydrogens (tertiary/aromatic N) is 1. The Kier molecular flexibility index (Phi) is 3.83. The molecule has 0 spiro atoms. The first kappa shape index (κ1) is 13.7. The molecule has 1 fully saturated rings. The van der Waals surface area contributed by atoms with Crippen LogP contribution >= 0.6 is 11.3 Å². The van der Waals surface area contributed by atoms with Crippen molar-refractivity contribution in [3.63, 3.8) is 0 Å². The molecular weight excluding hydrogens is 266 g/mol. The molecule has 1 aliphatic carbocycles. The van der Waals surface area contributed by atoms with Gasteiger partial charge in [-0.05, 0) is 42.9 Å². The minimum absolute atomic E-state index is 0.571. The number of hydrogen-bond acceptors (Lipinski definition) is 4. The van der Waals surface area contributed by atoms with E-state index < -0.39 is 0 Å². The molecule has 108 valence electrons. The Balaban J connectivity index is 1.80. The minimum Gasteiger partial charge on any atom is -0.399 e. The van der Waals surface area contributed by atoms with Crippen molar-refractivity contribution in [2.45, 2.75) is 45.6 Å². The lowest BCUT2D eigenvalue weighted by Crippen LogP contribution is -2.35. The summed E-state index contributed by atoms with van der Waals surface area (Å²) in [5.41, 5.74) is 7.69. The number of benzene rings is 1. The second kappa shape index (κ2) is 5.60. The van der Waals surface area contributed by atoms with E-state index in [1.165, 1.54) is 30.4 Å². The number of aromatic nitrogens is 1. The molecule has 20 heavy (non-hydrogen) atoms. The normalized spacial score (nSPS) is 23.4. The molecule has 1 heterocycles. The van der Waals surface area contributed by atoms with E-state index in [0.717, 1.165) is 28.2 Å². The summed E-state index contributed by atoms with van der Waals surface area (Å²) in [4.78, 5) is 4.69. The van der Waals surface area contributed by atoms with E-state index in [1.54, 1.807) is 11.3 Å². The van der Waals surface area contributed by atoms with E-state index in [1.807, 2.05) is 18.2 Å². The highest BCUT2D eigenvalue weighted by Gasteiger charge is 2.28. The van der Waals surface area contributed by atoms with Crippen LogP contribution in [0.3, 0.4) is 0 Å². The average molecular weight is 289 g/mol. The summed E-state index contributed by atoms with van der Waals surface area (Å²) >= 11 is 1.72. The molecule has 0 radical (unpaired) electrons. The smallest absolute Gasteiger partial charge is 0.184 e. The molecule has 0 saturated heterocycles. The number of nitrogens with two attached hydrogens (primary N) is 1. The van der Waals surface area contributed by atoms with Gasteiger partial charge in [-0.3, -0.25) is 0 Å². The van der Waals surface area contributed by atoms with Crippen molar-refractivity contribution in [2.24, 2.45) is 11.8 Å². The van der Waals surface area contributed by atoms with Crippen molar-refractivity contribution < 1.29 is 0 Å². The van der Waals surface area contributed by atoms with Gasteiger partial charge in [-0.15, -0.1) is 0 Å².